The number of halogens is 7. The van der Waals surface area contributed by atoms with Gasteiger partial charge in [-0.05, 0) is 55.5 Å². The number of hydrogen-bond acceptors (Lipinski definition) is 5. The van der Waals surface area contributed by atoms with Crippen LogP contribution in [0.15, 0.2) is 48.5 Å². The molecule has 2 aromatic rings. The minimum atomic E-state index is -4.61. The maximum Gasteiger partial charge on any atom is 0.416 e. The van der Waals surface area contributed by atoms with Crippen LogP contribution < -0.4 is 0 Å². The quantitative estimate of drug-likeness (QED) is 0.421. The maximum absolute atomic E-state index is 14.5. The van der Waals surface area contributed by atoms with Crippen LogP contribution in [-0.2, 0) is 26.6 Å². The lowest BCUT2D eigenvalue weighted by Crippen LogP contribution is -2.37. The Bertz CT molecular complexity index is 1020. The Hall–Kier alpha value is -3.15. The molecule has 1 saturated heterocycles. The second-order valence-corrected chi connectivity index (χ2v) is 7.44. The SMILES string of the molecule is CC1O[C@H](COC(=O)c2ccc(C(F)(F)F)cc2)[C@@H](OC(=O)c2ccc(C(F)(F)F)cc2)[C@@H]1F. The van der Waals surface area contributed by atoms with Crippen LogP contribution in [0.25, 0.3) is 0 Å². The highest BCUT2D eigenvalue weighted by atomic mass is 19.4. The molecular weight excluding hydrogens is 477 g/mol. The largest absolute Gasteiger partial charge is 0.459 e. The Morgan fingerprint density at radius 3 is 1.71 bits per heavy atom. The van der Waals surface area contributed by atoms with Crippen molar-refractivity contribution < 1.29 is 54.5 Å². The topological polar surface area (TPSA) is 61.8 Å². The second-order valence-electron chi connectivity index (χ2n) is 7.44. The molecule has 184 valence electrons. The Morgan fingerprint density at radius 1 is 0.824 bits per heavy atom. The molecule has 1 aliphatic rings. The minimum absolute atomic E-state index is 0.200. The van der Waals surface area contributed by atoms with Crippen LogP contribution in [0, 0.1) is 0 Å². The first-order chi connectivity index (χ1) is 15.8. The van der Waals surface area contributed by atoms with Gasteiger partial charge >= 0.3 is 24.3 Å². The molecule has 0 spiro atoms. The highest BCUT2D eigenvalue weighted by molar-refractivity contribution is 5.90. The normalized spacial score (nSPS) is 22.9. The molecule has 34 heavy (non-hydrogen) atoms. The molecule has 1 unspecified atom stereocenters. The van der Waals surface area contributed by atoms with Gasteiger partial charge in [-0.15, -0.1) is 0 Å². The zero-order chi connectivity index (χ0) is 25.3. The summed E-state index contributed by atoms with van der Waals surface area (Å²) < 4.78 is 106. The van der Waals surface area contributed by atoms with E-state index < -0.39 is 66.5 Å². The van der Waals surface area contributed by atoms with Gasteiger partial charge in [-0.1, -0.05) is 0 Å². The number of benzene rings is 2. The van der Waals surface area contributed by atoms with Crippen LogP contribution in [0.1, 0.15) is 38.8 Å². The van der Waals surface area contributed by atoms with Crippen molar-refractivity contribution in [2.45, 2.75) is 43.8 Å². The standard InChI is InChI=1S/C22H17F7O5/c1-11-17(23)18(34-20(31)13-4-8-15(9-5-13)22(27,28)29)16(33-11)10-32-19(30)12-2-6-14(7-3-12)21(24,25)26/h2-9,11,16-18H,10H2,1H3/t11?,16-,17-,18-/m1/s1. The molecule has 1 fully saturated rings. The summed E-state index contributed by atoms with van der Waals surface area (Å²) in [5, 5.41) is 0. The van der Waals surface area contributed by atoms with E-state index >= 15 is 0 Å². The molecule has 0 amide bonds. The van der Waals surface area contributed by atoms with Crippen molar-refractivity contribution in [1.29, 1.82) is 0 Å². The fourth-order valence-corrected chi connectivity index (χ4v) is 3.20. The van der Waals surface area contributed by atoms with Crippen molar-refractivity contribution >= 4 is 11.9 Å². The first-order valence-corrected chi connectivity index (χ1v) is 9.79. The predicted molar refractivity (Wildman–Crippen MR) is 102 cm³/mol. The van der Waals surface area contributed by atoms with Gasteiger partial charge in [-0.3, -0.25) is 0 Å². The monoisotopic (exact) mass is 494 g/mol. The maximum atomic E-state index is 14.5. The first kappa shape index (κ1) is 25.5. The van der Waals surface area contributed by atoms with Crippen LogP contribution in [0.2, 0.25) is 0 Å². The molecule has 0 aliphatic carbocycles. The average Bonchev–Trinajstić information content (AvgIpc) is 3.04. The smallest absolute Gasteiger partial charge is 0.416 e. The number of carbonyl (C=O) groups excluding carboxylic acids is 2. The van der Waals surface area contributed by atoms with E-state index in [2.05, 4.69) is 0 Å². The van der Waals surface area contributed by atoms with E-state index in [1.54, 1.807) is 0 Å². The molecule has 0 radical (unpaired) electrons. The fraction of sp³-hybridized carbons (Fsp3) is 0.364. The lowest BCUT2D eigenvalue weighted by atomic mass is 10.1. The molecule has 1 heterocycles. The Kier molecular flexibility index (Phi) is 7.20. The molecule has 1 aliphatic heterocycles. The van der Waals surface area contributed by atoms with Crippen LogP contribution >= 0.6 is 0 Å². The zero-order valence-corrected chi connectivity index (χ0v) is 17.3. The third kappa shape index (κ3) is 5.85. The van der Waals surface area contributed by atoms with Crippen molar-refractivity contribution in [3.05, 3.63) is 70.8 Å². The average molecular weight is 494 g/mol. The van der Waals surface area contributed by atoms with Crippen molar-refractivity contribution in [3.8, 4) is 0 Å². The molecule has 0 bridgehead atoms. The van der Waals surface area contributed by atoms with E-state index in [1.165, 1.54) is 6.92 Å². The van der Waals surface area contributed by atoms with E-state index in [0.29, 0.717) is 24.3 Å². The Balaban J connectivity index is 1.64. The first-order valence-electron chi connectivity index (χ1n) is 9.79. The summed E-state index contributed by atoms with van der Waals surface area (Å²) in [4.78, 5) is 24.4. The van der Waals surface area contributed by atoms with Crippen LogP contribution in [0.3, 0.4) is 0 Å². The van der Waals surface area contributed by atoms with E-state index in [1.807, 2.05) is 0 Å². The summed E-state index contributed by atoms with van der Waals surface area (Å²) in [6.07, 6.45) is -14.9. The summed E-state index contributed by atoms with van der Waals surface area (Å²) in [6, 6.07) is 6.27. The van der Waals surface area contributed by atoms with E-state index in [4.69, 9.17) is 14.2 Å². The van der Waals surface area contributed by atoms with Gasteiger partial charge in [0, 0.05) is 0 Å². The van der Waals surface area contributed by atoms with Gasteiger partial charge in [-0.2, -0.15) is 26.3 Å². The number of carbonyl (C=O) groups is 2. The van der Waals surface area contributed by atoms with Gasteiger partial charge in [0.25, 0.3) is 0 Å². The summed E-state index contributed by atoms with van der Waals surface area (Å²) >= 11 is 0. The van der Waals surface area contributed by atoms with Gasteiger partial charge in [-0.25, -0.2) is 14.0 Å². The van der Waals surface area contributed by atoms with Crippen molar-refractivity contribution in [2.24, 2.45) is 0 Å². The molecule has 0 saturated carbocycles. The van der Waals surface area contributed by atoms with Gasteiger partial charge in [0.05, 0.1) is 28.4 Å². The number of rotatable bonds is 5. The summed E-state index contributed by atoms with van der Waals surface area (Å²) in [7, 11) is 0. The minimum Gasteiger partial charge on any atom is -0.459 e. The molecule has 5 nitrogen and oxygen atoms in total. The Morgan fingerprint density at radius 2 is 1.26 bits per heavy atom. The molecular formula is C22H17F7O5. The van der Waals surface area contributed by atoms with Gasteiger partial charge in [0.15, 0.2) is 12.3 Å². The van der Waals surface area contributed by atoms with Crippen molar-refractivity contribution in [2.75, 3.05) is 6.61 Å². The molecule has 2 aromatic carbocycles. The van der Waals surface area contributed by atoms with E-state index in [9.17, 15) is 40.3 Å². The molecule has 0 N–H and O–H groups in total. The third-order valence-corrected chi connectivity index (χ3v) is 5.04. The summed E-state index contributed by atoms with van der Waals surface area (Å²) in [5.41, 5.74) is -2.42. The number of alkyl halides is 7. The third-order valence-electron chi connectivity index (χ3n) is 5.04. The van der Waals surface area contributed by atoms with Gasteiger partial charge < -0.3 is 14.2 Å². The van der Waals surface area contributed by atoms with Crippen LogP contribution in [0.5, 0.6) is 0 Å². The van der Waals surface area contributed by atoms with Crippen molar-refractivity contribution in [3.63, 3.8) is 0 Å². The Labute approximate surface area is 188 Å². The van der Waals surface area contributed by atoms with Gasteiger partial charge in [0.1, 0.15) is 12.7 Å². The number of esters is 2. The van der Waals surface area contributed by atoms with E-state index in [0.717, 1.165) is 24.3 Å². The highest BCUT2D eigenvalue weighted by Crippen LogP contribution is 2.31. The zero-order valence-electron chi connectivity index (χ0n) is 17.3. The van der Waals surface area contributed by atoms with Crippen LogP contribution in [0.4, 0.5) is 30.7 Å². The highest BCUT2D eigenvalue weighted by Gasteiger charge is 2.46. The summed E-state index contributed by atoms with van der Waals surface area (Å²) in [6.45, 7) is 0.747. The summed E-state index contributed by atoms with van der Waals surface area (Å²) in [5.74, 6) is -2.13. The van der Waals surface area contributed by atoms with Gasteiger partial charge in [0.2, 0.25) is 0 Å². The van der Waals surface area contributed by atoms with Crippen LogP contribution in [-0.4, -0.2) is 43.0 Å². The van der Waals surface area contributed by atoms with Crippen molar-refractivity contribution in [1.82, 2.24) is 0 Å². The molecule has 3 rings (SSSR count). The molecule has 4 atom stereocenters. The lowest BCUT2D eigenvalue weighted by Gasteiger charge is -2.20. The number of ether oxygens (including phenoxy) is 3. The van der Waals surface area contributed by atoms with E-state index in [-0.39, 0.29) is 11.1 Å². The molecule has 0 aromatic heterocycles. The molecule has 12 heteroatoms. The number of hydrogen-bond donors (Lipinski definition) is 0. The predicted octanol–water partition coefficient (Wildman–Crippen LogP) is 5.23. The lowest BCUT2D eigenvalue weighted by molar-refractivity contribution is -0.138. The second kappa shape index (κ2) is 9.61. The fourth-order valence-electron chi connectivity index (χ4n) is 3.20.